The van der Waals surface area contributed by atoms with Crippen molar-refractivity contribution in [2.24, 2.45) is 5.92 Å². The molecule has 2 atom stereocenters. The first-order chi connectivity index (χ1) is 18.0. The van der Waals surface area contributed by atoms with E-state index in [-0.39, 0.29) is 12.3 Å². The molecule has 0 bridgehead atoms. The molecule has 2 aromatic carbocycles. The van der Waals surface area contributed by atoms with Gasteiger partial charge in [-0.25, -0.2) is 0 Å². The van der Waals surface area contributed by atoms with Crippen LogP contribution < -0.4 is 5.32 Å². The van der Waals surface area contributed by atoms with Gasteiger partial charge >= 0.3 is 0 Å². The number of hydrogen-bond acceptors (Lipinski definition) is 5. The number of aldehydes is 1. The number of aryl methyl sites for hydroxylation is 1. The van der Waals surface area contributed by atoms with Crippen molar-refractivity contribution in [2.75, 3.05) is 20.1 Å². The molecule has 0 saturated carbocycles. The van der Waals surface area contributed by atoms with Crippen LogP contribution in [0.1, 0.15) is 41.5 Å². The molecule has 0 radical (unpaired) electrons. The van der Waals surface area contributed by atoms with Gasteiger partial charge in [-0.2, -0.15) is 0 Å². The SMILES string of the molecule is CNC(=O)C(CCC=O)N(C=O)Cc1cc(CC2CCN(Cc3cnc4ccccc4c3)C2)ccc1C. The van der Waals surface area contributed by atoms with E-state index >= 15 is 0 Å². The first kappa shape index (κ1) is 26.5. The minimum Gasteiger partial charge on any atom is -0.357 e. The first-order valence-corrected chi connectivity index (χ1v) is 13.0. The number of nitrogens with zero attached hydrogens (tertiary/aromatic N) is 3. The number of benzene rings is 2. The zero-order valence-corrected chi connectivity index (χ0v) is 21.7. The lowest BCUT2D eigenvalue weighted by molar-refractivity contribution is -0.133. The topological polar surface area (TPSA) is 82.6 Å². The van der Waals surface area contributed by atoms with Crippen LogP contribution in [0.4, 0.5) is 0 Å². The zero-order chi connectivity index (χ0) is 26.2. The van der Waals surface area contributed by atoms with Crippen LogP contribution >= 0.6 is 0 Å². The third-order valence-electron chi connectivity index (χ3n) is 7.36. The van der Waals surface area contributed by atoms with Crippen LogP contribution in [0.3, 0.4) is 0 Å². The van der Waals surface area contributed by atoms with E-state index in [1.807, 2.05) is 31.3 Å². The summed E-state index contributed by atoms with van der Waals surface area (Å²) in [6, 6.07) is 16.2. The molecule has 37 heavy (non-hydrogen) atoms. The number of fused-ring (bicyclic) bond motifs is 1. The van der Waals surface area contributed by atoms with E-state index in [1.54, 1.807) is 7.05 Å². The van der Waals surface area contributed by atoms with Crippen molar-refractivity contribution in [3.8, 4) is 0 Å². The average molecular weight is 501 g/mol. The number of amides is 2. The molecule has 3 aromatic rings. The minimum absolute atomic E-state index is 0.231. The quantitative estimate of drug-likeness (QED) is 0.384. The maximum atomic E-state index is 12.4. The van der Waals surface area contributed by atoms with Crippen LogP contribution in [0.5, 0.6) is 0 Å². The van der Waals surface area contributed by atoms with Gasteiger partial charge in [0.1, 0.15) is 12.3 Å². The van der Waals surface area contributed by atoms with Crippen LogP contribution in [0.25, 0.3) is 10.9 Å². The molecule has 1 fully saturated rings. The maximum Gasteiger partial charge on any atom is 0.242 e. The number of para-hydroxylation sites is 1. The van der Waals surface area contributed by atoms with E-state index < -0.39 is 6.04 Å². The molecule has 1 aliphatic heterocycles. The van der Waals surface area contributed by atoms with Crippen LogP contribution in [0.2, 0.25) is 0 Å². The van der Waals surface area contributed by atoms with Crippen LogP contribution in [-0.4, -0.2) is 59.6 Å². The predicted molar refractivity (Wildman–Crippen MR) is 145 cm³/mol. The lowest BCUT2D eigenvalue weighted by Crippen LogP contribution is -2.45. The highest BCUT2D eigenvalue weighted by atomic mass is 16.2. The Kier molecular flexibility index (Phi) is 9.01. The highest BCUT2D eigenvalue weighted by molar-refractivity contribution is 5.83. The molecule has 4 rings (SSSR count). The molecule has 2 heterocycles. The lowest BCUT2D eigenvalue weighted by Gasteiger charge is -2.27. The Morgan fingerprint density at radius 3 is 2.81 bits per heavy atom. The molecule has 7 nitrogen and oxygen atoms in total. The van der Waals surface area contributed by atoms with Gasteiger partial charge in [0, 0.05) is 44.7 Å². The number of carbonyl (C=O) groups excluding carboxylic acids is 3. The number of nitrogens with one attached hydrogen (secondary N) is 1. The molecule has 0 spiro atoms. The Morgan fingerprint density at radius 1 is 1.19 bits per heavy atom. The zero-order valence-electron chi connectivity index (χ0n) is 21.7. The molecular weight excluding hydrogens is 464 g/mol. The lowest BCUT2D eigenvalue weighted by atomic mass is 9.95. The van der Waals surface area contributed by atoms with E-state index in [9.17, 15) is 14.4 Å². The van der Waals surface area contributed by atoms with E-state index in [0.717, 1.165) is 55.4 Å². The standard InChI is InChI=1S/C30H36N4O3/c1-22-9-10-23(15-27(22)20-34(21-36)29(8-5-13-35)30(37)31-2)14-24-11-12-33(18-24)19-25-16-26-6-3-4-7-28(26)32-17-25/h3-4,6-7,9-10,13,15-17,21,24,29H,5,8,11-12,14,18-20H2,1-2H3,(H,31,37). The summed E-state index contributed by atoms with van der Waals surface area (Å²) in [6.45, 7) is 5.38. The number of aromatic nitrogens is 1. The van der Waals surface area contributed by atoms with Gasteiger partial charge < -0.3 is 15.0 Å². The summed E-state index contributed by atoms with van der Waals surface area (Å²) >= 11 is 0. The highest BCUT2D eigenvalue weighted by Gasteiger charge is 2.25. The third-order valence-corrected chi connectivity index (χ3v) is 7.36. The van der Waals surface area contributed by atoms with E-state index in [2.05, 4.69) is 45.5 Å². The first-order valence-electron chi connectivity index (χ1n) is 13.0. The number of pyridine rings is 1. The van der Waals surface area contributed by atoms with Crippen LogP contribution in [0.15, 0.2) is 54.7 Å². The number of carbonyl (C=O) groups is 3. The summed E-state index contributed by atoms with van der Waals surface area (Å²) in [5, 5.41) is 3.79. The van der Waals surface area contributed by atoms with Gasteiger partial charge in [-0.1, -0.05) is 36.4 Å². The largest absolute Gasteiger partial charge is 0.357 e. The minimum atomic E-state index is -0.663. The van der Waals surface area contributed by atoms with Crippen molar-refractivity contribution < 1.29 is 14.4 Å². The smallest absolute Gasteiger partial charge is 0.242 e. The van der Waals surface area contributed by atoms with Gasteiger partial charge in [0.25, 0.3) is 0 Å². The van der Waals surface area contributed by atoms with Crippen LogP contribution in [-0.2, 0) is 33.9 Å². The van der Waals surface area contributed by atoms with E-state index in [1.165, 1.54) is 21.4 Å². The molecule has 194 valence electrons. The van der Waals surface area contributed by atoms with Gasteiger partial charge in [-0.3, -0.25) is 19.5 Å². The monoisotopic (exact) mass is 500 g/mol. The Morgan fingerprint density at radius 2 is 2.03 bits per heavy atom. The van der Waals surface area contributed by atoms with Crippen molar-refractivity contribution in [1.29, 1.82) is 0 Å². The van der Waals surface area contributed by atoms with Gasteiger partial charge in [-0.15, -0.1) is 0 Å². The normalized spacial score (nSPS) is 16.4. The predicted octanol–water partition coefficient (Wildman–Crippen LogP) is 3.66. The van der Waals surface area contributed by atoms with Crippen molar-refractivity contribution in [3.05, 3.63) is 77.0 Å². The van der Waals surface area contributed by atoms with E-state index in [4.69, 9.17) is 0 Å². The average Bonchev–Trinajstić information content (AvgIpc) is 3.35. The Hall–Kier alpha value is -3.58. The van der Waals surface area contributed by atoms with Gasteiger partial charge in [0.15, 0.2) is 0 Å². The van der Waals surface area contributed by atoms with Crippen molar-refractivity contribution in [2.45, 2.75) is 51.7 Å². The Bertz CT molecular complexity index is 1240. The molecular formula is C30H36N4O3. The molecule has 1 saturated heterocycles. The fourth-order valence-electron chi connectivity index (χ4n) is 5.30. The Labute approximate surface area is 218 Å². The number of hydrogen-bond donors (Lipinski definition) is 1. The summed E-state index contributed by atoms with van der Waals surface area (Å²) in [4.78, 5) is 43.8. The van der Waals surface area contributed by atoms with Crippen molar-refractivity contribution in [3.63, 3.8) is 0 Å². The second kappa shape index (κ2) is 12.6. The van der Waals surface area contributed by atoms with E-state index in [0.29, 0.717) is 25.3 Å². The molecule has 2 unspecified atom stereocenters. The molecule has 1 aromatic heterocycles. The van der Waals surface area contributed by atoms with Gasteiger partial charge in [-0.05, 0) is 73.0 Å². The summed E-state index contributed by atoms with van der Waals surface area (Å²) in [6.07, 6.45) is 6.15. The Balaban J connectivity index is 1.38. The molecule has 1 aliphatic rings. The van der Waals surface area contributed by atoms with Gasteiger partial charge in [0.05, 0.1) is 5.52 Å². The fraction of sp³-hybridized carbons (Fsp3) is 0.400. The van der Waals surface area contributed by atoms with Crippen molar-refractivity contribution in [1.82, 2.24) is 20.1 Å². The number of likely N-dealkylation sites (tertiary alicyclic amines) is 1. The maximum absolute atomic E-state index is 12.4. The second-order valence-corrected chi connectivity index (χ2v) is 10.0. The second-order valence-electron chi connectivity index (χ2n) is 10.0. The highest BCUT2D eigenvalue weighted by Crippen LogP contribution is 2.25. The molecule has 1 N–H and O–H groups in total. The molecule has 2 amide bonds. The summed E-state index contributed by atoms with van der Waals surface area (Å²) in [5.74, 6) is 0.313. The van der Waals surface area contributed by atoms with Gasteiger partial charge in [0.2, 0.25) is 12.3 Å². The number of likely N-dealkylation sites (N-methyl/N-ethyl adjacent to an activating group) is 1. The molecule has 7 heteroatoms. The third kappa shape index (κ3) is 6.80. The number of rotatable bonds is 12. The van der Waals surface area contributed by atoms with Crippen LogP contribution in [0, 0.1) is 12.8 Å². The summed E-state index contributed by atoms with van der Waals surface area (Å²) in [7, 11) is 1.55. The fourth-order valence-corrected chi connectivity index (χ4v) is 5.30. The summed E-state index contributed by atoms with van der Waals surface area (Å²) in [5.41, 5.74) is 5.63. The summed E-state index contributed by atoms with van der Waals surface area (Å²) < 4.78 is 0. The molecule has 0 aliphatic carbocycles. The van der Waals surface area contributed by atoms with Crippen molar-refractivity contribution >= 4 is 29.5 Å².